The minimum atomic E-state index is -0.331. The van der Waals surface area contributed by atoms with Crippen LogP contribution in [-0.2, 0) is 9.47 Å². The Morgan fingerprint density at radius 3 is 3.11 bits per heavy atom. The van der Waals surface area contributed by atoms with Crippen LogP contribution in [-0.4, -0.2) is 31.8 Å². The van der Waals surface area contributed by atoms with Crippen LogP contribution in [0.5, 0.6) is 0 Å². The summed E-state index contributed by atoms with van der Waals surface area (Å²) in [6.45, 7) is 3.68. The van der Waals surface area contributed by atoms with Crippen LogP contribution in [0.2, 0.25) is 0 Å². The average Bonchev–Trinajstić information content (AvgIpc) is 2.91. The van der Waals surface area contributed by atoms with Crippen LogP contribution in [0.1, 0.15) is 30.1 Å². The molecular weight excluding hydrogens is 244 g/mol. The highest BCUT2D eigenvalue weighted by Gasteiger charge is 2.16. The Hall–Kier alpha value is -1.75. The summed E-state index contributed by atoms with van der Waals surface area (Å²) in [4.78, 5) is 11.7. The van der Waals surface area contributed by atoms with E-state index in [9.17, 15) is 4.79 Å². The van der Waals surface area contributed by atoms with Crippen molar-refractivity contribution in [2.45, 2.75) is 25.9 Å². The van der Waals surface area contributed by atoms with Gasteiger partial charge >= 0.3 is 5.97 Å². The molecule has 3 N–H and O–H groups in total. The van der Waals surface area contributed by atoms with E-state index in [-0.39, 0.29) is 12.1 Å². The van der Waals surface area contributed by atoms with E-state index in [2.05, 4.69) is 5.32 Å². The van der Waals surface area contributed by atoms with Crippen LogP contribution in [0.4, 0.5) is 11.4 Å². The molecule has 1 saturated heterocycles. The van der Waals surface area contributed by atoms with Gasteiger partial charge in [-0.3, -0.25) is 0 Å². The molecule has 1 aromatic carbocycles. The molecule has 0 saturated carbocycles. The summed E-state index contributed by atoms with van der Waals surface area (Å²) in [6, 6.07) is 5.11. The Morgan fingerprint density at radius 2 is 2.42 bits per heavy atom. The van der Waals surface area contributed by atoms with Gasteiger partial charge in [-0.25, -0.2) is 4.79 Å². The normalized spacial score (nSPS) is 18.3. The summed E-state index contributed by atoms with van der Waals surface area (Å²) in [6.07, 6.45) is 2.39. The van der Waals surface area contributed by atoms with E-state index in [0.717, 1.165) is 25.1 Å². The van der Waals surface area contributed by atoms with Crippen molar-refractivity contribution in [2.75, 3.05) is 30.8 Å². The topological polar surface area (TPSA) is 73.6 Å². The highest BCUT2D eigenvalue weighted by Crippen LogP contribution is 2.22. The van der Waals surface area contributed by atoms with Crippen molar-refractivity contribution < 1.29 is 14.3 Å². The maximum atomic E-state index is 11.7. The first-order valence-corrected chi connectivity index (χ1v) is 6.63. The zero-order valence-corrected chi connectivity index (χ0v) is 11.1. The van der Waals surface area contributed by atoms with Crippen molar-refractivity contribution in [2.24, 2.45) is 0 Å². The van der Waals surface area contributed by atoms with Gasteiger partial charge in [0.25, 0.3) is 0 Å². The van der Waals surface area contributed by atoms with E-state index in [0.29, 0.717) is 24.4 Å². The first-order chi connectivity index (χ1) is 9.20. The number of nitrogens with one attached hydrogen (secondary N) is 1. The molecule has 0 spiro atoms. The van der Waals surface area contributed by atoms with Crippen molar-refractivity contribution in [1.29, 1.82) is 0 Å². The molecule has 0 bridgehead atoms. The second-order valence-electron chi connectivity index (χ2n) is 4.54. The third-order valence-corrected chi connectivity index (χ3v) is 3.11. The average molecular weight is 264 g/mol. The number of carbonyl (C=O) groups is 1. The van der Waals surface area contributed by atoms with Gasteiger partial charge in [0.15, 0.2) is 0 Å². The Kier molecular flexibility index (Phi) is 4.63. The molecule has 1 fully saturated rings. The van der Waals surface area contributed by atoms with Crippen molar-refractivity contribution >= 4 is 17.3 Å². The van der Waals surface area contributed by atoms with Crippen molar-refractivity contribution in [3.8, 4) is 0 Å². The van der Waals surface area contributed by atoms with Gasteiger partial charge in [0.1, 0.15) is 0 Å². The van der Waals surface area contributed by atoms with Gasteiger partial charge in [0, 0.05) is 13.2 Å². The third-order valence-electron chi connectivity index (χ3n) is 3.11. The first kappa shape index (κ1) is 13.7. The molecule has 1 aromatic rings. The lowest BCUT2D eigenvalue weighted by atomic mass is 10.1. The summed E-state index contributed by atoms with van der Waals surface area (Å²) in [5.74, 6) is -0.331. The maximum Gasteiger partial charge on any atom is 0.338 e. The molecule has 0 aliphatic carbocycles. The van der Waals surface area contributed by atoms with E-state index in [1.165, 1.54) is 0 Å². The lowest BCUT2D eigenvalue weighted by Gasteiger charge is -2.14. The predicted octanol–water partition coefficient (Wildman–Crippen LogP) is 2.04. The number of nitrogens with two attached hydrogens (primary N) is 1. The molecule has 1 aliphatic rings. The van der Waals surface area contributed by atoms with E-state index in [4.69, 9.17) is 15.2 Å². The molecule has 1 heterocycles. The lowest BCUT2D eigenvalue weighted by molar-refractivity contribution is 0.0526. The Balaban J connectivity index is 2.01. The van der Waals surface area contributed by atoms with Gasteiger partial charge in [0.05, 0.1) is 29.6 Å². The minimum Gasteiger partial charge on any atom is -0.462 e. The van der Waals surface area contributed by atoms with Crippen LogP contribution in [0, 0.1) is 0 Å². The third kappa shape index (κ3) is 3.61. The summed E-state index contributed by atoms with van der Waals surface area (Å²) in [7, 11) is 0. The molecule has 5 heteroatoms. The second-order valence-corrected chi connectivity index (χ2v) is 4.54. The standard InChI is InChI=1S/C14H20N2O3/c1-2-18-14(17)10-5-6-12(15)13(8-10)16-9-11-4-3-7-19-11/h5-6,8,11,16H,2-4,7,9,15H2,1H3. The highest BCUT2D eigenvalue weighted by molar-refractivity contribution is 5.92. The number of benzene rings is 1. The van der Waals surface area contributed by atoms with Crippen LogP contribution in [0.15, 0.2) is 18.2 Å². The smallest absolute Gasteiger partial charge is 0.338 e. The van der Waals surface area contributed by atoms with Crippen LogP contribution >= 0.6 is 0 Å². The van der Waals surface area contributed by atoms with E-state index < -0.39 is 0 Å². The number of hydrogen-bond acceptors (Lipinski definition) is 5. The van der Waals surface area contributed by atoms with Crippen molar-refractivity contribution in [1.82, 2.24) is 0 Å². The first-order valence-electron chi connectivity index (χ1n) is 6.63. The quantitative estimate of drug-likeness (QED) is 0.629. The maximum absolute atomic E-state index is 11.7. The van der Waals surface area contributed by atoms with Crippen LogP contribution in [0.25, 0.3) is 0 Å². The van der Waals surface area contributed by atoms with Gasteiger partial charge < -0.3 is 20.5 Å². The molecular formula is C14H20N2O3. The minimum absolute atomic E-state index is 0.227. The molecule has 1 unspecified atom stereocenters. The van der Waals surface area contributed by atoms with Gasteiger partial charge in [-0.1, -0.05) is 0 Å². The van der Waals surface area contributed by atoms with Crippen molar-refractivity contribution in [3.05, 3.63) is 23.8 Å². The van der Waals surface area contributed by atoms with Gasteiger partial charge in [0.2, 0.25) is 0 Å². The fraction of sp³-hybridized carbons (Fsp3) is 0.500. The van der Waals surface area contributed by atoms with Gasteiger partial charge in [-0.15, -0.1) is 0 Å². The fourth-order valence-corrected chi connectivity index (χ4v) is 2.08. The van der Waals surface area contributed by atoms with E-state index in [1.807, 2.05) is 0 Å². The largest absolute Gasteiger partial charge is 0.462 e. The summed E-state index contributed by atoms with van der Waals surface area (Å²) >= 11 is 0. The molecule has 5 nitrogen and oxygen atoms in total. The molecule has 0 amide bonds. The molecule has 104 valence electrons. The Labute approximate surface area is 113 Å². The zero-order chi connectivity index (χ0) is 13.7. The van der Waals surface area contributed by atoms with Crippen molar-refractivity contribution in [3.63, 3.8) is 0 Å². The number of carbonyl (C=O) groups excluding carboxylic acids is 1. The molecule has 0 aromatic heterocycles. The Morgan fingerprint density at radius 1 is 1.58 bits per heavy atom. The lowest BCUT2D eigenvalue weighted by Crippen LogP contribution is -2.19. The van der Waals surface area contributed by atoms with Gasteiger partial charge in [-0.05, 0) is 38.0 Å². The summed E-state index contributed by atoms with van der Waals surface area (Å²) in [5, 5.41) is 3.23. The summed E-state index contributed by atoms with van der Waals surface area (Å²) < 4.78 is 10.5. The van der Waals surface area contributed by atoms with E-state index >= 15 is 0 Å². The molecule has 19 heavy (non-hydrogen) atoms. The monoisotopic (exact) mass is 264 g/mol. The molecule has 1 aliphatic heterocycles. The molecule has 2 rings (SSSR count). The fourth-order valence-electron chi connectivity index (χ4n) is 2.08. The van der Waals surface area contributed by atoms with Crippen LogP contribution < -0.4 is 11.1 Å². The number of ether oxygens (including phenoxy) is 2. The summed E-state index contributed by atoms with van der Waals surface area (Å²) in [5.41, 5.74) is 7.77. The Bertz CT molecular complexity index is 442. The second kappa shape index (κ2) is 6.43. The van der Waals surface area contributed by atoms with Crippen LogP contribution in [0.3, 0.4) is 0 Å². The van der Waals surface area contributed by atoms with E-state index in [1.54, 1.807) is 25.1 Å². The number of hydrogen-bond donors (Lipinski definition) is 2. The SMILES string of the molecule is CCOC(=O)c1ccc(N)c(NCC2CCCO2)c1. The predicted molar refractivity (Wildman–Crippen MR) is 74.3 cm³/mol. The molecule has 0 radical (unpaired) electrons. The van der Waals surface area contributed by atoms with Gasteiger partial charge in [-0.2, -0.15) is 0 Å². The molecule has 1 atom stereocenters. The number of anilines is 2. The number of esters is 1. The number of rotatable bonds is 5. The zero-order valence-electron chi connectivity index (χ0n) is 11.1. The number of nitrogen functional groups attached to an aromatic ring is 1. The highest BCUT2D eigenvalue weighted by atomic mass is 16.5.